The second-order valence-electron chi connectivity index (χ2n) is 16.7. The van der Waals surface area contributed by atoms with Gasteiger partial charge in [-0.3, -0.25) is 0 Å². The summed E-state index contributed by atoms with van der Waals surface area (Å²) < 4.78 is 6.48. The van der Waals surface area contributed by atoms with Crippen molar-refractivity contribution >= 4 is 42.8 Å². The number of hydrogen-bond acceptors (Lipinski definition) is 0. The van der Waals surface area contributed by atoms with Crippen LogP contribution in [0.5, 0.6) is 0 Å². The Morgan fingerprint density at radius 2 is 0.804 bits per heavy atom. The zero-order chi connectivity index (χ0) is 31.8. The van der Waals surface area contributed by atoms with Crippen LogP contribution in [-0.2, 0) is 28.2 Å². The zero-order valence-corrected chi connectivity index (χ0v) is 34.9. The Morgan fingerprint density at radius 1 is 0.500 bits per heavy atom. The fourth-order valence-corrected chi connectivity index (χ4v) is 29.8. The number of hydrogen-bond donors (Lipinski definition) is 0. The molecule has 2 atom stereocenters. The first-order chi connectivity index (χ1) is 20.5. The number of benzene rings is 4. The monoisotopic (exact) mass is 744 g/mol. The van der Waals surface area contributed by atoms with Crippen molar-refractivity contribution < 1.29 is 17.4 Å². The van der Waals surface area contributed by atoms with E-state index in [9.17, 15) is 0 Å². The SMILES string of the molecule is CC1=C(c2ccc(C(C)(C)C)cc2)c2ccccc2[CH]1[Zr]([CH3])([CH3])(=[SiH2])[CH]1C(C)=C(c2ccc(C(C)(C)C)cc2)c2ccccc21.Cl.Cl. The van der Waals surface area contributed by atoms with Gasteiger partial charge in [0.2, 0.25) is 0 Å². The van der Waals surface area contributed by atoms with Crippen molar-refractivity contribution in [3.05, 3.63) is 153 Å². The summed E-state index contributed by atoms with van der Waals surface area (Å²) in [4.78, 5) is 0. The van der Waals surface area contributed by atoms with Crippen LogP contribution in [0.25, 0.3) is 11.1 Å². The summed E-state index contributed by atoms with van der Waals surface area (Å²) in [7, 11) is 0. The van der Waals surface area contributed by atoms with E-state index >= 15 is 0 Å². The summed E-state index contributed by atoms with van der Waals surface area (Å²) in [6.07, 6.45) is 0. The predicted octanol–water partition coefficient (Wildman–Crippen LogP) is 11.9. The van der Waals surface area contributed by atoms with Crippen molar-refractivity contribution in [2.45, 2.75) is 82.7 Å². The maximum absolute atomic E-state index is 3.70. The first-order valence-corrected chi connectivity index (χ1v) is 30.1. The Hall–Kier alpha value is -1.96. The van der Waals surface area contributed by atoms with Gasteiger partial charge >= 0.3 is 271 Å². The van der Waals surface area contributed by atoms with E-state index in [1.54, 1.807) is 22.3 Å². The van der Waals surface area contributed by atoms with Gasteiger partial charge in [-0.1, -0.05) is 0 Å². The van der Waals surface area contributed by atoms with Crippen molar-refractivity contribution in [1.82, 2.24) is 0 Å². The maximum Gasteiger partial charge on any atom is -0.147 e. The summed E-state index contributed by atoms with van der Waals surface area (Å²) in [6, 6.07) is 37.6. The van der Waals surface area contributed by atoms with Crippen LogP contribution in [0, 0.1) is 0 Å². The van der Waals surface area contributed by atoms with Crippen LogP contribution >= 0.6 is 24.8 Å². The van der Waals surface area contributed by atoms with E-state index in [0.29, 0.717) is 7.25 Å². The average Bonchev–Trinajstić information content (AvgIpc) is 3.43. The van der Waals surface area contributed by atoms with Crippen LogP contribution in [0.4, 0.5) is 0 Å². The third-order valence-electron chi connectivity index (χ3n) is 10.7. The van der Waals surface area contributed by atoms with Crippen LogP contribution in [0.15, 0.2) is 108 Å². The summed E-state index contributed by atoms with van der Waals surface area (Å²) in [6.45, 7) is 21.2. The Labute approximate surface area is 293 Å². The van der Waals surface area contributed by atoms with E-state index < -0.39 is 17.4 Å². The molecule has 0 radical (unpaired) electrons. The van der Waals surface area contributed by atoms with Crippen LogP contribution in [0.2, 0.25) is 9.26 Å². The smallest absolute Gasteiger partial charge is 0.147 e. The quantitative estimate of drug-likeness (QED) is 0.182. The van der Waals surface area contributed by atoms with Crippen LogP contribution in [0.1, 0.15) is 107 Å². The zero-order valence-electron chi connectivity index (χ0n) is 29.4. The molecule has 0 saturated carbocycles. The number of rotatable bonds is 4. The molecular weight excluding hydrogens is 695 g/mol. The molecule has 0 bridgehead atoms. The molecule has 0 nitrogen and oxygen atoms in total. The van der Waals surface area contributed by atoms with Crippen LogP contribution < -0.4 is 0 Å². The molecule has 0 aliphatic heterocycles. The normalized spacial score (nSPS) is 18.2. The third kappa shape index (κ3) is 6.07. The second kappa shape index (κ2) is 12.5. The fraction of sp³-hybridized carbons (Fsp3) is 0.333. The molecule has 0 amide bonds. The molecule has 0 heterocycles. The first-order valence-electron chi connectivity index (χ1n) is 16.4. The van der Waals surface area contributed by atoms with Gasteiger partial charge in [0, 0.05) is 0 Å². The molecule has 2 aliphatic rings. The molecule has 4 heteroatoms. The summed E-state index contributed by atoms with van der Waals surface area (Å²) in [5, 5.41) is 0. The molecule has 0 spiro atoms. The van der Waals surface area contributed by atoms with Crippen molar-refractivity contribution in [2.24, 2.45) is 0 Å². The van der Waals surface area contributed by atoms with Gasteiger partial charge in [-0.25, -0.2) is 0 Å². The molecule has 46 heavy (non-hydrogen) atoms. The van der Waals surface area contributed by atoms with E-state index in [1.165, 1.54) is 44.5 Å². The predicted molar refractivity (Wildman–Crippen MR) is 207 cm³/mol. The third-order valence-corrected chi connectivity index (χ3v) is 28.5. The number of fused-ring (bicyclic) bond motifs is 2. The second-order valence-corrected chi connectivity index (χ2v) is 47.2. The number of allylic oxidation sites excluding steroid dienone is 2. The standard InChI is InChI=1S/2C20H21.2CH3.2ClH.H2Si.Zr/c2*1-14-13-16-7-5-6-8-18(16)19(14)15-9-11-17(12-10-15)20(2,3)4;;;;;;/h2*5-13H,1-4H3;2*1H3;2*1H;1H2;. The first kappa shape index (κ1) is 36.9. The van der Waals surface area contributed by atoms with E-state index in [-0.39, 0.29) is 35.6 Å². The Kier molecular flexibility index (Phi) is 10.0. The molecule has 242 valence electrons. The van der Waals surface area contributed by atoms with Crippen molar-refractivity contribution in [1.29, 1.82) is 0 Å². The van der Waals surface area contributed by atoms with Crippen LogP contribution in [0.3, 0.4) is 0 Å². The van der Waals surface area contributed by atoms with E-state index in [0.717, 1.165) is 0 Å². The van der Waals surface area contributed by atoms with Gasteiger partial charge in [0.1, 0.15) is 0 Å². The molecule has 0 fully saturated rings. The minimum Gasteiger partial charge on any atom is -0.147 e. The Bertz CT molecular complexity index is 1770. The molecule has 6 rings (SSSR count). The largest absolute Gasteiger partial charge is 0.147 e. The van der Waals surface area contributed by atoms with Crippen LogP contribution in [-0.4, -0.2) is 6.88 Å². The average molecular weight is 747 g/mol. The summed E-state index contributed by atoms with van der Waals surface area (Å²) >= 11 is -3.70. The fourth-order valence-electron chi connectivity index (χ4n) is 8.78. The molecular formula is C42H52Cl2SiZr. The van der Waals surface area contributed by atoms with Gasteiger partial charge in [-0.2, -0.15) is 0 Å². The molecule has 0 N–H and O–H groups in total. The van der Waals surface area contributed by atoms with Gasteiger partial charge < -0.3 is 0 Å². The minimum atomic E-state index is -3.70. The molecule has 2 aliphatic carbocycles. The van der Waals surface area contributed by atoms with Gasteiger partial charge in [-0.05, 0) is 0 Å². The molecule has 2 unspecified atom stereocenters. The van der Waals surface area contributed by atoms with Gasteiger partial charge in [0.15, 0.2) is 0 Å². The van der Waals surface area contributed by atoms with Crippen molar-refractivity contribution in [2.75, 3.05) is 0 Å². The Balaban J connectivity index is 0.00000240. The van der Waals surface area contributed by atoms with E-state index in [2.05, 4.69) is 169 Å². The topological polar surface area (TPSA) is 0 Å². The minimum absolute atomic E-state index is 0. The van der Waals surface area contributed by atoms with E-state index in [4.69, 9.17) is 0 Å². The van der Waals surface area contributed by atoms with Crippen molar-refractivity contribution in [3.8, 4) is 0 Å². The van der Waals surface area contributed by atoms with Crippen molar-refractivity contribution in [3.63, 3.8) is 0 Å². The van der Waals surface area contributed by atoms with Gasteiger partial charge in [0.05, 0.1) is 0 Å². The maximum atomic E-state index is 2.76. The summed E-state index contributed by atoms with van der Waals surface area (Å²) in [5.74, 6) is 0. The Morgan fingerprint density at radius 3 is 1.11 bits per heavy atom. The molecule has 4 aromatic rings. The number of halogens is 2. The van der Waals surface area contributed by atoms with Gasteiger partial charge in [0.25, 0.3) is 0 Å². The van der Waals surface area contributed by atoms with Gasteiger partial charge in [-0.15, -0.1) is 24.8 Å². The molecule has 4 aromatic carbocycles. The molecule has 0 saturated heterocycles. The molecule has 0 aromatic heterocycles. The van der Waals surface area contributed by atoms with E-state index in [1.807, 2.05) is 0 Å². The summed E-state index contributed by atoms with van der Waals surface area (Å²) in [5.41, 5.74) is 17.9.